The molecule has 0 spiro atoms. The van der Waals surface area contributed by atoms with Gasteiger partial charge in [0.05, 0.1) is 13.2 Å². The molecule has 1 rings (SSSR count). The van der Waals surface area contributed by atoms with Crippen LogP contribution in [0.3, 0.4) is 0 Å². The van der Waals surface area contributed by atoms with E-state index in [0.29, 0.717) is 13.2 Å². The van der Waals surface area contributed by atoms with Crippen LogP contribution in [0.25, 0.3) is 0 Å². The van der Waals surface area contributed by atoms with Gasteiger partial charge in [-0.25, -0.2) is 0 Å². The molecule has 0 unspecified atom stereocenters. The minimum Gasteiger partial charge on any atom is -0.385 e. The molecule has 0 saturated heterocycles. The zero-order valence-corrected chi connectivity index (χ0v) is 12.7. The van der Waals surface area contributed by atoms with E-state index in [2.05, 4.69) is 50.4 Å². The monoisotopic (exact) mass is 265 g/mol. The molecule has 0 aliphatic carbocycles. The highest BCUT2D eigenvalue weighted by atomic mass is 16.5. The summed E-state index contributed by atoms with van der Waals surface area (Å²) >= 11 is 0. The van der Waals surface area contributed by atoms with Gasteiger partial charge in [0, 0.05) is 25.9 Å². The highest BCUT2D eigenvalue weighted by Gasteiger charge is 2.12. The van der Waals surface area contributed by atoms with Crippen LogP contribution in [-0.2, 0) is 14.9 Å². The number of rotatable bonds is 8. The number of anilines is 1. The number of benzene rings is 1. The molecule has 3 nitrogen and oxygen atoms in total. The Balaban J connectivity index is 2.20. The van der Waals surface area contributed by atoms with Crippen molar-refractivity contribution in [3.05, 3.63) is 29.8 Å². The molecule has 0 atom stereocenters. The van der Waals surface area contributed by atoms with E-state index in [0.717, 1.165) is 19.6 Å². The van der Waals surface area contributed by atoms with Crippen molar-refractivity contribution in [3.63, 3.8) is 0 Å². The molecule has 0 aliphatic heterocycles. The fourth-order valence-electron chi connectivity index (χ4n) is 1.74. The van der Waals surface area contributed by atoms with Gasteiger partial charge in [-0.05, 0) is 29.5 Å². The molecule has 108 valence electrons. The van der Waals surface area contributed by atoms with Crippen molar-refractivity contribution in [3.8, 4) is 0 Å². The van der Waals surface area contributed by atoms with Crippen molar-refractivity contribution >= 4 is 5.69 Å². The lowest BCUT2D eigenvalue weighted by molar-refractivity contribution is 0.0705. The van der Waals surface area contributed by atoms with Crippen LogP contribution < -0.4 is 5.32 Å². The second kappa shape index (κ2) is 8.18. The van der Waals surface area contributed by atoms with Crippen LogP contribution in [0.5, 0.6) is 0 Å². The predicted molar refractivity (Wildman–Crippen MR) is 80.9 cm³/mol. The van der Waals surface area contributed by atoms with Crippen LogP contribution in [0, 0.1) is 0 Å². The molecular weight excluding hydrogens is 238 g/mol. The molecule has 19 heavy (non-hydrogen) atoms. The van der Waals surface area contributed by atoms with Crippen molar-refractivity contribution in [1.82, 2.24) is 0 Å². The lowest BCUT2D eigenvalue weighted by Crippen LogP contribution is -2.11. The third-order valence-electron chi connectivity index (χ3n) is 2.98. The molecule has 1 aromatic carbocycles. The maximum absolute atomic E-state index is 5.41. The lowest BCUT2D eigenvalue weighted by Gasteiger charge is -2.19. The lowest BCUT2D eigenvalue weighted by atomic mass is 9.87. The van der Waals surface area contributed by atoms with E-state index >= 15 is 0 Å². The van der Waals surface area contributed by atoms with Crippen LogP contribution in [0.15, 0.2) is 24.3 Å². The minimum atomic E-state index is 0.216. The van der Waals surface area contributed by atoms with Crippen LogP contribution in [0.2, 0.25) is 0 Å². The van der Waals surface area contributed by atoms with Gasteiger partial charge in [-0.15, -0.1) is 0 Å². The first-order chi connectivity index (χ1) is 9.04. The third kappa shape index (κ3) is 6.60. The van der Waals surface area contributed by atoms with Crippen molar-refractivity contribution in [2.45, 2.75) is 32.6 Å². The molecular formula is C16H27NO2. The summed E-state index contributed by atoms with van der Waals surface area (Å²) in [6, 6.07) is 8.67. The van der Waals surface area contributed by atoms with E-state index in [9.17, 15) is 0 Å². The molecule has 0 aliphatic rings. The van der Waals surface area contributed by atoms with E-state index in [-0.39, 0.29) is 5.41 Å². The zero-order valence-electron chi connectivity index (χ0n) is 12.7. The molecule has 1 aromatic rings. The van der Waals surface area contributed by atoms with Crippen molar-refractivity contribution in [1.29, 1.82) is 0 Å². The SMILES string of the molecule is COCCOCCCNc1ccc(C(C)(C)C)cc1. The van der Waals surface area contributed by atoms with Gasteiger partial charge in [-0.3, -0.25) is 0 Å². The van der Waals surface area contributed by atoms with Crippen LogP contribution in [0.1, 0.15) is 32.8 Å². The first-order valence-electron chi connectivity index (χ1n) is 6.95. The quantitative estimate of drug-likeness (QED) is 0.730. The van der Waals surface area contributed by atoms with Crippen molar-refractivity contribution < 1.29 is 9.47 Å². The van der Waals surface area contributed by atoms with Gasteiger partial charge < -0.3 is 14.8 Å². The Bertz CT molecular complexity index is 341. The van der Waals surface area contributed by atoms with E-state index in [1.807, 2.05) is 0 Å². The van der Waals surface area contributed by atoms with E-state index < -0.39 is 0 Å². The molecule has 0 radical (unpaired) electrons. The fourth-order valence-corrected chi connectivity index (χ4v) is 1.74. The number of hydrogen-bond acceptors (Lipinski definition) is 3. The molecule has 0 amide bonds. The third-order valence-corrected chi connectivity index (χ3v) is 2.98. The second-order valence-electron chi connectivity index (χ2n) is 5.71. The Morgan fingerprint density at radius 2 is 1.68 bits per heavy atom. The smallest absolute Gasteiger partial charge is 0.0700 e. The van der Waals surface area contributed by atoms with Crippen molar-refractivity contribution in [2.24, 2.45) is 0 Å². The molecule has 0 saturated carbocycles. The topological polar surface area (TPSA) is 30.5 Å². The van der Waals surface area contributed by atoms with Crippen LogP contribution in [-0.4, -0.2) is 33.5 Å². The summed E-state index contributed by atoms with van der Waals surface area (Å²) in [5, 5.41) is 3.40. The van der Waals surface area contributed by atoms with Crippen molar-refractivity contribution in [2.75, 3.05) is 38.8 Å². The summed E-state index contributed by atoms with van der Waals surface area (Å²) in [5.41, 5.74) is 2.75. The first-order valence-corrected chi connectivity index (χ1v) is 6.95. The van der Waals surface area contributed by atoms with E-state index in [4.69, 9.17) is 9.47 Å². The van der Waals surface area contributed by atoms with Crippen LogP contribution >= 0.6 is 0 Å². The Kier molecular flexibility index (Phi) is 6.89. The molecule has 0 aromatic heterocycles. The summed E-state index contributed by atoms with van der Waals surface area (Å²) in [7, 11) is 1.69. The van der Waals surface area contributed by atoms with Gasteiger partial charge in [0.25, 0.3) is 0 Å². The maximum atomic E-state index is 5.41. The Morgan fingerprint density at radius 1 is 1.00 bits per heavy atom. The number of nitrogens with one attached hydrogen (secondary N) is 1. The number of methoxy groups -OCH3 is 1. The maximum Gasteiger partial charge on any atom is 0.0700 e. The molecule has 3 heteroatoms. The molecule has 0 bridgehead atoms. The largest absolute Gasteiger partial charge is 0.385 e. The Morgan fingerprint density at radius 3 is 2.26 bits per heavy atom. The van der Waals surface area contributed by atoms with Gasteiger partial charge in [-0.2, -0.15) is 0 Å². The summed E-state index contributed by atoms with van der Waals surface area (Å²) in [4.78, 5) is 0. The fraction of sp³-hybridized carbons (Fsp3) is 0.625. The molecule has 0 heterocycles. The van der Waals surface area contributed by atoms with E-state index in [1.54, 1.807) is 7.11 Å². The first kappa shape index (κ1) is 16.0. The molecule has 1 N–H and O–H groups in total. The normalized spacial score (nSPS) is 11.6. The van der Waals surface area contributed by atoms with Gasteiger partial charge in [0.1, 0.15) is 0 Å². The summed E-state index contributed by atoms with van der Waals surface area (Å²) in [6.07, 6.45) is 1.00. The summed E-state index contributed by atoms with van der Waals surface area (Å²) in [5.74, 6) is 0. The van der Waals surface area contributed by atoms with Crippen LogP contribution in [0.4, 0.5) is 5.69 Å². The van der Waals surface area contributed by atoms with Gasteiger partial charge >= 0.3 is 0 Å². The zero-order chi connectivity index (χ0) is 14.1. The number of hydrogen-bond donors (Lipinski definition) is 1. The second-order valence-corrected chi connectivity index (χ2v) is 5.71. The highest BCUT2D eigenvalue weighted by Crippen LogP contribution is 2.23. The average Bonchev–Trinajstić information content (AvgIpc) is 2.37. The average molecular weight is 265 g/mol. The standard InChI is InChI=1S/C16H27NO2/c1-16(2,3)14-6-8-15(9-7-14)17-10-5-11-19-13-12-18-4/h6-9,17H,5,10-13H2,1-4H3. The predicted octanol–water partition coefficient (Wildman–Crippen LogP) is 3.45. The summed E-state index contributed by atoms with van der Waals surface area (Å²) in [6.45, 7) is 9.74. The Labute approximate surface area is 117 Å². The minimum absolute atomic E-state index is 0.216. The van der Waals surface area contributed by atoms with Gasteiger partial charge in [0.2, 0.25) is 0 Å². The molecule has 0 fully saturated rings. The van der Waals surface area contributed by atoms with Gasteiger partial charge in [-0.1, -0.05) is 32.9 Å². The number of ether oxygens (including phenoxy) is 2. The summed E-state index contributed by atoms with van der Waals surface area (Å²) < 4.78 is 10.3. The van der Waals surface area contributed by atoms with Gasteiger partial charge in [0.15, 0.2) is 0 Å². The Hall–Kier alpha value is -1.06. The highest BCUT2D eigenvalue weighted by molar-refractivity contribution is 5.45. The van der Waals surface area contributed by atoms with E-state index in [1.165, 1.54) is 11.3 Å².